The van der Waals surface area contributed by atoms with Crippen molar-refractivity contribution in [2.45, 2.75) is 26.2 Å². The molecule has 2 aromatic carbocycles. The molecule has 1 amide bonds. The van der Waals surface area contributed by atoms with E-state index in [0.29, 0.717) is 10.6 Å². The number of fused-ring (bicyclic) bond motifs is 1. The third-order valence-corrected chi connectivity index (χ3v) is 4.76. The van der Waals surface area contributed by atoms with Crippen molar-refractivity contribution in [3.63, 3.8) is 0 Å². The van der Waals surface area contributed by atoms with Crippen LogP contribution in [0.15, 0.2) is 35.4 Å². The zero-order chi connectivity index (χ0) is 19.4. The lowest BCUT2D eigenvalue weighted by molar-refractivity contribution is -0.384. The number of nitro groups is 1. The topological polar surface area (TPSA) is 93.8 Å². The van der Waals surface area contributed by atoms with E-state index in [2.05, 4.69) is 17.5 Å². The highest BCUT2D eigenvalue weighted by atomic mass is 35.5. The standard InChI is InChI=1S/C19H18ClN3O4/c1-12-5-8-18(16-4-2-3-15(12)16)27-11-19(24)22-21-10-13-9-14(23(25)26)6-7-17(13)20/h5-10H,2-4,11H2,1H3,(H,22,24). The van der Waals surface area contributed by atoms with Crippen molar-refractivity contribution in [1.29, 1.82) is 0 Å². The molecule has 0 aromatic heterocycles. The number of benzene rings is 2. The Morgan fingerprint density at radius 3 is 2.89 bits per heavy atom. The summed E-state index contributed by atoms with van der Waals surface area (Å²) in [5.74, 6) is 0.300. The lowest BCUT2D eigenvalue weighted by atomic mass is 10.0. The van der Waals surface area contributed by atoms with Gasteiger partial charge in [0, 0.05) is 22.7 Å². The van der Waals surface area contributed by atoms with E-state index in [4.69, 9.17) is 16.3 Å². The summed E-state index contributed by atoms with van der Waals surface area (Å²) in [5.41, 5.74) is 6.30. The van der Waals surface area contributed by atoms with E-state index in [1.807, 2.05) is 12.1 Å². The van der Waals surface area contributed by atoms with Crippen molar-refractivity contribution >= 4 is 29.4 Å². The number of ether oxygens (including phenoxy) is 1. The number of halogens is 1. The summed E-state index contributed by atoms with van der Waals surface area (Å²) in [6, 6.07) is 7.87. The molecule has 2 aromatic rings. The predicted octanol–water partition coefficient (Wildman–Crippen LogP) is 3.57. The highest BCUT2D eigenvalue weighted by Crippen LogP contribution is 2.32. The number of non-ortho nitro benzene ring substituents is 1. The van der Waals surface area contributed by atoms with E-state index >= 15 is 0 Å². The van der Waals surface area contributed by atoms with Crippen LogP contribution in [0.25, 0.3) is 0 Å². The Labute approximate surface area is 161 Å². The van der Waals surface area contributed by atoms with Gasteiger partial charge >= 0.3 is 0 Å². The predicted molar refractivity (Wildman–Crippen MR) is 103 cm³/mol. The molecule has 140 valence electrons. The lowest BCUT2D eigenvalue weighted by Crippen LogP contribution is -2.24. The van der Waals surface area contributed by atoms with Crippen molar-refractivity contribution in [3.8, 4) is 5.75 Å². The van der Waals surface area contributed by atoms with Gasteiger partial charge in [0.2, 0.25) is 0 Å². The van der Waals surface area contributed by atoms with Crippen molar-refractivity contribution in [2.24, 2.45) is 5.10 Å². The Morgan fingerprint density at radius 1 is 1.33 bits per heavy atom. The van der Waals surface area contributed by atoms with E-state index in [-0.39, 0.29) is 12.3 Å². The highest BCUT2D eigenvalue weighted by Gasteiger charge is 2.18. The molecule has 0 unspecified atom stereocenters. The van der Waals surface area contributed by atoms with E-state index in [9.17, 15) is 14.9 Å². The largest absolute Gasteiger partial charge is 0.483 e. The number of rotatable bonds is 6. The fourth-order valence-corrected chi connectivity index (χ4v) is 3.25. The molecule has 0 bridgehead atoms. The molecular formula is C19H18ClN3O4. The van der Waals surface area contributed by atoms with Crippen LogP contribution in [0.4, 0.5) is 5.69 Å². The van der Waals surface area contributed by atoms with Gasteiger partial charge in [0.05, 0.1) is 11.1 Å². The van der Waals surface area contributed by atoms with Crippen molar-refractivity contribution < 1.29 is 14.5 Å². The smallest absolute Gasteiger partial charge is 0.277 e. The Balaban J connectivity index is 1.58. The van der Waals surface area contributed by atoms with Crippen molar-refractivity contribution in [2.75, 3.05) is 6.61 Å². The number of amides is 1. The normalized spacial score (nSPS) is 12.8. The van der Waals surface area contributed by atoms with Crippen LogP contribution in [-0.4, -0.2) is 23.7 Å². The summed E-state index contributed by atoms with van der Waals surface area (Å²) in [5, 5.41) is 14.9. The number of carbonyl (C=O) groups excluding carboxylic acids is 1. The minimum absolute atomic E-state index is 0.108. The summed E-state index contributed by atoms with van der Waals surface area (Å²) >= 11 is 5.97. The first kappa shape index (κ1) is 18.8. The zero-order valence-electron chi connectivity index (χ0n) is 14.7. The second-order valence-corrected chi connectivity index (χ2v) is 6.64. The molecule has 8 heteroatoms. The molecule has 0 heterocycles. The maximum atomic E-state index is 11.9. The first-order valence-corrected chi connectivity index (χ1v) is 8.83. The summed E-state index contributed by atoms with van der Waals surface area (Å²) in [6.45, 7) is 1.91. The number of hydrogen-bond donors (Lipinski definition) is 1. The lowest BCUT2D eigenvalue weighted by Gasteiger charge is -2.11. The Kier molecular flexibility index (Phi) is 5.71. The molecule has 0 radical (unpaired) electrons. The molecule has 27 heavy (non-hydrogen) atoms. The van der Waals surface area contributed by atoms with Gasteiger partial charge in [-0.1, -0.05) is 17.7 Å². The van der Waals surface area contributed by atoms with Gasteiger partial charge in [-0.15, -0.1) is 0 Å². The van der Waals surface area contributed by atoms with Crippen LogP contribution in [0.2, 0.25) is 5.02 Å². The van der Waals surface area contributed by atoms with Crippen LogP contribution < -0.4 is 10.2 Å². The SMILES string of the molecule is Cc1ccc(OCC(=O)NN=Cc2cc([N+](=O)[O-])ccc2Cl)c2c1CCC2. The second kappa shape index (κ2) is 8.18. The quantitative estimate of drug-likeness (QED) is 0.465. The van der Waals surface area contributed by atoms with Crippen LogP contribution in [0.3, 0.4) is 0 Å². The number of hydrazone groups is 1. The highest BCUT2D eigenvalue weighted by molar-refractivity contribution is 6.33. The van der Waals surface area contributed by atoms with E-state index < -0.39 is 10.8 Å². The minimum atomic E-state index is -0.528. The Hall–Kier alpha value is -2.93. The maximum Gasteiger partial charge on any atom is 0.277 e. The third kappa shape index (κ3) is 4.43. The van der Waals surface area contributed by atoms with Gasteiger partial charge in [-0.25, -0.2) is 5.43 Å². The fraction of sp³-hybridized carbons (Fsp3) is 0.263. The van der Waals surface area contributed by atoms with Crippen LogP contribution in [0.5, 0.6) is 5.75 Å². The van der Waals surface area contributed by atoms with Crippen LogP contribution in [-0.2, 0) is 17.6 Å². The van der Waals surface area contributed by atoms with Gasteiger partial charge < -0.3 is 4.74 Å². The molecule has 0 saturated heterocycles. The summed E-state index contributed by atoms with van der Waals surface area (Å²) < 4.78 is 5.64. The van der Waals surface area contributed by atoms with Gasteiger partial charge in [0.1, 0.15) is 5.75 Å². The number of nitrogens with one attached hydrogen (secondary N) is 1. The molecule has 0 fully saturated rings. The Morgan fingerprint density at radius 2 is 2.11 bits per heavy atom. The zero-order valence-corrected chi connectivity index (χ0v) is 15.5. The monoisotopic (exact) mass is 387 g/mol. The average molecular weight is 388 g/mol. The molecule has 0 atom stereocenters. The second-order valence-electron chi connectivity index (χ2n) is 6.24. The van der Waals surface area contributed by atoms with Gasteiger partial charge in [0.15, 0.2) is 6.61 Å². The molecule has 1 aliphatic rings. The van der Waals surface area contributed by atoms with Gasteiger partial charge in [0.25, 0.3) is 11.6 Å². The number of carbonyl (C=O) groups is 1. The number of nitro benzene ring substituents is 1. The summed E-state index contributed by atoms with van der Waals surface area (Å²) in [4.78, 5) is 22.2. The number of hydrogen-bond acceptors (Lipinski definition) is 5. The maximum absolute atomic E-state index is 11.9. The van der Waals surface area contributed by atoms with E-state index in [1.54, 1.807) is 0 Å². The van der Waals surface area contributed by atoms with Crippen LogP contribution in [0, 0.1) is 17.0 Å². The van der Waals surface area contributed by atoms with E-state index in [1.165, 1.54) is 41.1 Å². The third-order valence-electron chi connectivity index (χ3n) is 4.42. The van der Waals surface area contributed by atoms with Crippen molar-refractivity contribution in [3.05, 3.63) is 67.7 Å². The molecule has 1 aliphatic carbocycles. The molecular weight excluding hydrogens is 370 g/mol. The Bertz CT molecular complexity index is 927. The molecule has 0 spiro atoms. The molecule has 0 aliphatic heterocycles. The fourth-order valence-electron chi connectivity index (χ4n) is 3.08. The first-order valence-electron chi connectivity index (χ1n) is 8.45. The first-order chi connectivity index (χ1) is 13.0. The molecule has 3 rings (SSSR count). The average Bonchev–Trinajstić information content (AvgIpc) is 3.13. The molecule has 7 nitrogen and oxygen atoms in total. The van der Waals surface area contributed by atoms with Crippen molar-refractivity contribution in [1.82, 2.24) is 5.43 Å². The number of nitrogens with zero attached hydrogens (tertiary/aromatic N) is 2. The van der Waals surface area contributed by atoms with Gasteiger partial charge in [-0.3, -0.25) is 14.9 Å². The minimum Gasteiger partial charge on any atom is -0.483 e. The van der Waals surface area contributed by atoms with Crippen LogP contribution >= 0.6 is 11.6 Å². The summed E-state index contributed by atoms with van der Waals surface area (Å²) in [7, 11) is 0. The van der Waals surface area contributed by atoms with Gasteiger partial charge in [-0.05, 0) is 55.0 Å². The van der Waals surface area contributed by atoms with E-state index in [0.717, 1.165) is 25.0 Å². The molecule has 0 saturated carbocycles. The van der Waals surface area contributed by atoms with Crippen LogP contribution in [0.1, 0.15) is 28.7 Å². The van der Waals surface area contributed by atoms with Gasteiger partial charge in [-0.2, -0.15) is 5.10 Å². The number of aryl methyl sites for hydroxylation is 1. The molecule has 1 N–H and O–H groups in total. The summed E-state index contributed by atoms with van der Waals surface area (Å²) in [6.07, 6.45) is 4.35.